The number of carbonyl (C=O) groups excluding carboxylic acids is 2. The summed E-state index contributed by atoms with van der Waals surface area (Å²) in [6.45, 7) is 1.22. The first-order valence-electron chi connectivity index (χ1n) is 17.6. The van der Waals surface area contributed by atoms with E-state index in [4.69, 9.17) is 25.2 Å². The summed E-state index contributed by atoms with van der Waals surface area (Å²) in [5, 5.41) is 0.675. The molecule has 0 radical (unpaired) electrons. The van der Waals surface area contributed by atoms with Gasteiger partial charge in [-0.05, 0) is 106 Å². The molecular weight excluding hydrogens is 640 g/mol. The second-order valence-electron chi connectivity index (χ2n) is 14.0. The first kappa shape index (κ1) is 29.8. The average Bonchev–Trinajstić information content (AvgIpc) is 3.16. The normalized spacial score (nSPS) is 29.7. The fraction of sp³-hybridized carbons (Fsp3) is 0.543. The van der Waals surface area contributed by atoms with Crippen LogP contribution in [0.3, 0.4) is 0 Å². The number of amides is 2. The zero-order chi connectivity index (χ0) is 36.2. The van der Waals surface area contributed by atoms with E-state index in [0.717, 1.165) is 37.0 Å². The van der Waals surface area contributed by atoms with Gasteiger partial charge in [-0.3, -0.25) is 9.69 Å². The van der Waals surface area contributed by atoms with Crippen molar-refractivity contribution in [1.82, 2.24) is 14.5 Å². The molecule has 10 nitrogen and oxygen atoms in total. The molecule has 2 aliphatic heterocycles. The molecule has 1 fully saturated rings. The Morgan fingerprint density at radius 3 is 2.72 bits per heavy atom. The Balaban J connectivity index is 1.47. The predicted octanol–water partition coefficient (Wildman–Crippen LogP) is 4.99. The second kappa shape index (κ2) is 12.6. The van der Waals surface area contributed by atoms with E-state index in [9.17, 15) is 18.0 Å². The van der Waals surface area contributed by atoms with E-state index in [1.54, 1.807) is 32.3 Å². The third kappa shape index (κ3) is 6.46. The SMILES string of the molecule is [2H]C([2H])([2H])N1CC=C[C@H](OC(=O)N(C)C)[C@@H]2CC[C@H]2CN2C[C@@]3(CCCc4cc(Cl)ccc43)COc3ccc(cc32)S(=O)(=O)NC(=O)C1(C)C. The summed E-state index contributed by atoms with van der Waals surface area (Å²) < 4.78 is 66.9. The van der Waals surface area contributed by atoms with Crippen LogP contribution in [0.4, 0.5) is 10.5 Å². The maximum atomic E-state index is 13.8. The van der Waals surface area contributed by atoms with Crippen molar-refractivity contribution in [2.45, 2.75) is 67.9 Å². The van der Waals surface area contributed by atoms with Crippen molar-refractivity contribution in [2.24, 2.45) is 11.8 Å². The molecule has 0 saturated heterocycles. The number of sulfonamides is 1. The number of nitrogens with one attached hydrogen (secondary N) is 1. The number of ether oxygens (including phenoxy) is 2. The Morgan fingerprint density at radius 1 is 1.19 bits per heavy atom. The van der Waals surface area contributed by atoms with Crippen LogP contribution in [-0.4, -0.2) is 89.2 Å². The van der Waals surface area contributed by atoms with E-state index in [1.807, 2.05) is 12.1 Å². The molecule has 2 aromatic carbocycles. The van der Waals surface area contributed by atoms with Crippen molar-refractivity contribution in [2.75, 3.05) is 52.2 Å². The quantitative estimate of drug-likeness (QED) is 0.418. The van der Waals surface area contributed by atoms with Crippen LogP contribution in [0.5, 0.6) is 5.75 Å². The first-order valence-corrected chi connectivity index (χ1v) is 18.0. The zero-order valence-electron chi connectivity index (χ0n) is 30.3. The third-order valence-corrected chi connectivity index (χ3v) is 11.9. The number of carbonyl (C=O) groups is 2. The number of hydrogen-bond donors (Lipinski definition) is 1. The van der Waals surface area contributed by atoms with E-state index in [-0.39, 0.29) is 23.3 Å². The fourth-order valence-corrected chi connectivity index (χ4v) is 8.57. The number of fused-ring (bicyclic) bond motifs is 4. The molecule has 4 atom stereocenters. The van der Waals surface area contributed by atoms with E-state index < -0.39 is 46.1 Å². The van der Waals surface area contributed by atoms with Gasteiger partial charge in [0.2, 0.25) is 0 Å². The summed E-state index contributed by atoms with van der Waals surface area (Å²) in [5.74, 6) is -0.509. The molecule has 6 rings (SSSR count). The van der Waals surface area contributed by atoms with Gasteiger partial charge in [0.05, 0.1) is 22.7 Å². The van der Waals surface area contributed by atoms with Crippen molar-refractivity contribution in [1.29, 1.82) is 0 Å². The largest absolute Gasteiger partial charge is 0.490 e. The fourth-order valence-electron chi connectivity index (χ4n) is 7.25. The van der Waals surface area contributed by atoms with Gasteiger partial charge in [0, 0.05) is 54.2 Å². The van der Waals surface area contributed by atoms with Crippen LogP contribution in [0.2, 0.25) is 5.02 Å². The molecular formula is C35H45ClN4O6S. The van der Waals surface area contributed by atoms with Gasteiger partial charge in [-0.1, -0.05) is 23.7 Å². The van der Waals surface area contributed by atoms with Crippen LogP contribution in [-0.2, 0) is 31.4 Å². The molecule has 254 valence electrons. The molecule has 0 aromatic heterocycles. The number of halogens is 1. The lowest BCUT2D eigenvalue weighted by molar-refractivity contribution is -0.128. The topological polar surface area (TPSA) is 108 Å². The smallest absolute Gasteiger partial charge is 0.409 e. The average molecular weight is 688 g/mol. The standard InChI is InChI=1S/C35H45ClN4O6S/c1-34(2)32(41)37-47(43,44)26-12-15-31-29(19-26)40(21-35(22-45-31)16-6-8-23-18-25(36)11-14-28(23)35)20-24-10-13-27(24)30(9-7-17-39(34)5)46-33(42)38(3)4/h7,9,11-12,14-15,18-19,24,27,30H,6,8,10,13,16-17,20-22H2,1-5H3,(H,37,41)/t24-,27+,30-,35-/m0/s1/i5D3. The Kier molecular flexibility index (Phi) is 8.02. The number of aryl methyl sites for hydroxylation is 1. The molecule has 2 aromatic rings. The summed E-state index contributed by atoms with van der Waals surface area (Å²) in [6.07, 6.45) is 6.44. The van der Waals surface area contributed by atoms with E-state index in [1.165, 1.54) is 42.0 Å². The Hall–Kier alpha value is -3.28. The van der Waals surface area contributed by atoms with Crippen LogP contribution >= 0.6 is 11.6 Å². The van der Waals surface area contributed by atoms with Crippen molar-refractivity contribution < 1.29 is 31.6 Å². The van der Waals surface area contributed by atoms with Crippen LogP contribution in [0.25, 0.3) is 0 Å². The van der Waals surface area contributed by atoms with Crippen LogP contribution in [0.15, 0.2) is 53.4 Å². The minimum atomic E-state index is -4.43. The van der Waals surface area contributed by atoms with Gasteiger partial charge in [-0.25, -0.2) is 17.9 Å². The maximum absolute atomic E-state index is 13.8. The molecule has 2 heterocycles. The van der Waals surface area contributed by atoms with Gasteiger partial charge in [-0.15, -0.1) is 0 Å². The number of nitrogens with zero attached hydrogens (tertiary/aromatic N) is 3. The van der Waals surface area contributed by atoms with Crippen molar-refractivity contribution in [3.63, 3.8) is 0 Å². The lowest BCUT2D eigenvalue weighted by Crippen LogP contribution is -2.54. The van der Waals surface area contributed by atoms with Gasteiger partial charge in [0.15, 0.2) is 0 Å². The summed E-state index contributed by atoms with van der Waals surface area (Å²) in [6, 6.07) is 10.6. The molecule has 1 spiro atoms. The van der Waals surface area contributed by atoms with E-state index >= 15 is 0 Å². The van der Waals surface area contributed by atoms with Gasteiger partial charge >= 0.3 is 6.09 Å². The van der Waals surface area contributed by atoms with Crippen LogP contribution in [0.1, 0.15) is 54.8 Å². The molecule has 47 heavy (non-hydrogen) atoms. The summed E-state index contributed by atoms with van der Waals surface area (Å²) >= 11 is 6.42. The monoisotopic (exact) mass is 687 g/mol. The van der Waals surface area contributed by atoms with Crippen molar-refractivity contribution in [3.8, 4) is 5.75 Å². The Bertz CT molecular complexity index is 1800. The minimum Gasteiger partial charge on any atom is -0.490 e. The number of hydrogen-bond acceptors (Lipinski definition) is 8. The molecule has 1 N–H and O–H groups in total. The van der Waals surface area contributed by atoms with E-state index in [2.05, 4.69) is 15.7 Å². The first-order chi connectivity index (χ1) is 23.4. The Labute approximate surface area is 287 Å². The zero-order valence-corrected chi connectivity index (χ0v) is 28.9. The second-order valence-corrected chi connectivity index (χ2v) is 16.1. The lowest BCUT2D eigenvalue weighted by atomic mass is 9.68. The maximum Gasteiger partial charge on any atom is 0.409 e. The predicted molar refractivity (Wildman–Crippen MR) is 182 cm³/mol. The number of benzene rings is 2. The molecule has 12 heteroatoms. The summed E-state index contributed by atoms with van der Waals surface area (Å²) in [4.78, 5) is 30.9. The lowest BCUT2D eigenvalue weighted by Gasteiger charge is -2.46. The molecule has 2 aliphatic carbocycles. The van der Waals surface area contributed by atoms with Crippen LogP contribution < -0.4 is 14.4 Å². The molecule has 2 amide bonds. The third-order valence-electron chi connectivity index (χ3n) is 10.3. The Morgan fingerprint density at radius 2 is 2.00 bits per heavy atom. The molecule has 0 unspecified atom stereocenters. The van der Waals surface area contributed by atoms with Crippen molar-refractivity contribution >= 4 is 39.3 Å². The number of rotatable bonds is 1. The van der Waals surface area contributed by atoms with Gasteiger partial charge in [0.1, 0.15) is 11.9 Å². The summed E-state index contributed by atoms with van der Waals surface area (Å²) in [7, 11) is -1.22. The minimum absolute atomic E-state index is 0.0546. The highest BCUT2D eigenvalue weighted by molar-refractivity contribution is 7.90. The summed E-state index contributed by atoms with van der Waals surface area (Å²) in [5.41, 5.74) is 0.745. The van der Waals surface area contributed by atoms with E-state index in [0.29, 0.717) is 36.2 Å². The van der Waals surface area contributed by atoms with Gasteiger partial charge in [-0.2, -0.15) is 0 Å². The van der Waals surface area contributed by atoms with Crippen molar-refractivity contribution in [3.05, 3.63) is 64.7 Å². The highest BCUT2D eigenvalue weighted by atomic mass is 35.5. The highest BCUT2D eigenvalue weighted by Gasteiger charge is 2.45. The van der Waals surface area contributed by atoms with Gasteiger partial charge in [0.25, 0.3) is 15.9 Å². The van der Waals surface area contributed by atoms with Crippen LogP contribution in [0, 0.1) is 11.8 Å². The molecule has 2 bridgehead atoms. The van der Waals surface area contributed by atoms with Gasteiger partial charge < -0.3 is 19.3 Å². The number of likely N-dealkylation sites (N-methyl/N-ethyl adjacent to an activating group) is 1. The molecule has 1 saturated carbocycles. The molecule has 4 aliphatic rings. The number of anilines is 1. The highest BCUT2D eigenvalue weighted by Crippen LogP contribution is 2.47.